The first kappa shape index (κ1) is 19.5. The van der Waals surface area contributed by atoms with Gasteiger partial charge in [0.2, 0.25) is 5.91 Å². The zero-order chi connectivity index (χ0) is 21.4. The third-order valence-electron chi connectivity index (χ3n) is 6.38. The van der Waals surface area contributed by atoms with E-state index in [1.54, 1.807) is 0 Å². The molecule has 1 aromatic rings. The largest absolute Gasteiger partial charge is 0.505 e. The van der Waals surface area contributed by atoms with E-state index in [-0.39, 0.29) is 35.5 Å². The number of benzene rings is 1. The molecular formula is C19H17ClN2O7. The molecule has 0 aromatic heterocycles. The summed E-state index contributed by atoms with van der Waals surface area (Å²) in [6, 6.07) is 1.44. The van der Waals surface area contributed by atoms with E-state index in [1.807, 2.05) is 0 Å². The Labute approximate surface area is 169 Å². The predicted octanol–water partition coefficient (Wildman–Crippen LogP) is -0.438. The fourth-order valence-electron chi connectivity index (χ4n) is 5.00. The van der Waals surface area contributed by atoms with E-state index < -0.39 is 64.1 Å². The number of Topliss-reactive ketones (excluding diaryl/α,β-unsaturated/α-hetero) is 4. The van der Waals surface area contributed by atoms with Crippen molar-refractivity contribution in [3.63, 3.8) is 0 Å². The molecule has 1 aromatic carbocycles. The molecule has 0 heterocycles. The highest BCUT2D eigenvalue weighted by Crippen LogP contribution is 2.51. The Bertz CT molecular complexity index is 1040. The highest BCUT2D eigenvalue weighted by Gasteiger charge is 2.66. The van der Waals surface area contributed by atoms with E-state index in [9.17, 15) is 34.2 Å². The zero-order valence-corrected chi connectivity index (χ0v) is 15.7. The minimum absolute atomic E-state index is 0.0316. The predicted molar refractivity (Wildman–Crippen MR) is 97.9 cm³/mol. The van der Waals surface area contributed by atoms with Gasteiger partial charge in [0.05, 0.1) is 22.2 Å². The molecule has 152 valence electrons. The van der Waals surface area contributed by atoms with Crippen LogP contribution in [0.25, 0.3) is 0 Å². The molecule has 2 fully saturated rings. The Morgan fingerprint density at radius 1 is 1.17 bits per heavy atom. The average molecular weight is 421 g/mol. The molecule has 0 bridgehead atoms. The van der Waals surface area contributed by atoms with Crippen molar-refractivity contribution < 1.29 is 34.2 Å². The molecule has 3 aliphatic rings. The molecule has 0 saturated heterocycles. The van der Waals surface area contributed by atoms with Crippen molar-refractivity contribution in [2.45, 2.75) is 24.9 Å². The second-order valence-electron chi connectivity index (χ2n) is 7.89. The Morgan fingerprint density at radius 3 is 2.45 bits per heavy atom. The van der Waals surface area contributed by atoms with Crippen LogP contribution in [0.5, 0.6) is 5.75 Å². The molecule has 0 radical (unpaired) electrons. The summed E-state index contributed by atoms with van der Waals surface area (Å²) in [7, 11) is 0. The number of aromatic hydroxyl groups is 1. The van der Waals surface area contributed by atoms with Gasteiger partial charge in [-0.15, -0.1) is 0 Å². The Kier molecular flexibility index (Phi) is 4.11. The van der Waals surface area contributed by atoms with Gasteiger partial charge in [0.15, 0.2) is 40.4 Å². The maximum Gasteiger partial charge on any atom is 0.235 e. The molecule has 0 spiro atoms. The standard InChI is InChI=1S/C19H17ClN2O7/c20-8-3-6-1-5-2-7-4-9(23)12(18(22)28)17(27)19(7,29)16(26)11(5)14(24)10(6)15(25)13(8)21/h3,5,7,11-12,25,29H,1-2,4,21H2,(H2,22,28)/t5-,7-,11?,12?,19-/m0/s1. The van der Waals surface area contributed by atoms with Crippen LogP contribution >= 0.6 is 11.6 Å². The third kappa shape index (κ3) is 2.40. The number of carbonyl (C=O) groups is 5. The van der Waals surface area contributed by atoms with Crippen LogP contribution in [0.2, 0.25) is 5.02 Å². The van der Waals surface area contributed by atoms with E-state index in [2.05, 4.69) is 0 Å². The van der Waals surface area contributed by atoms with Crippen LogP contribution < -0.4 is 11.5 Å². The first-order chi connectivity index (χ1) is 13.5. The number of fused-ring (bicyclic) bond motifs is 3. The van der Waals surface area contributed by atoms with Crippen LogP contribution in [0.4, 0.5) is 5.69 Å². The Hall–Kier alpha value is -2.78. The van der Waals surface area contributed by atoms with E-state index in [0.717, 1.165) is 0 Å². The second-order valence-corrected chi connectivity index (χ2v) is 8.30. The molecule has 6 N–H and O–H groups in total. The van der Waals surface area contributed by atoms with Crippen LogP contribution in [0, 0.1) is 23.7 Å². The molecule has 2 unspecified atom stereocenters. The van der Waals surface area contributed by atoms with Crippen molar-refractivity contribution in [2.75, 3.05) is 5.73 Å². The molecule has 29 heavy (non-hydrogen) atoms. The summed E-state index contributed by atoms with van der Waals surface area (Å²) in [5.74, 6) is -10.7. The van der Waals surface area contributed by atoms with E-state index in [0.29, 0.717) is 5.56 Å². The van der Waals surface area contributed by atoms with Crippen molar-refractivity contribution in [1.82, 2.24) is 0 Å². The molecule has 9 nitrogen and oxygen atoms in total. The van der Waals surface area contributed by atoms with Crippen molar-refractivity contribution in [1.29, 1.82) is 0 Å². The number of ketones is 4. The lowest BCUT2D eigenvalue weighted by atomic mass is 9.54. The number of primary amides is 1. The topological polar surface area (TPSA) is 178 Å². The lowest BCUT2D eigenvalue weighted by Gasteiger charge is -2.48. The van der Waals surface area contributed by atoms with Crippen LogP contribution in [0.15, 0.2) is 6.07 Å². The quantitative estimate of drug-likeness (QED) is 0.268. The number of nitrogen functional groups attached to an aromatic ring is 1. The number of hydrogen-bond acceptors (Lipinski definition) is 8. The number of halogens is 1. The lowest BCUT2D eigenvalue weighted by molar-refractivity contribution is -0.175. The van der Waals surface area contributed by atoms with Crippen molar-refractivity contribution >= 4 is 46.3 Å². The number of anilines is 1. The fraction of sp³-hybridized carbons (Fsp3) is 0.421. The van der Waals surface area contributed by atoms with E-state index in [1.165, 1.54) is 6.07 Å². The van der Waals surface area contributed by atoms with Gasteiger partial charge >= 0.3 is 0 Å². The van der Waals surface area contributed by atoms with Gasteiger partial charge in [-0.1, -0.05) is 11.6 Å². The number of hydrogen-bond donors (Lipinski definition) is 4. The van der Waals surface area contributed by atoms with Crippen molar-refractivity contribution in [3.05, 3.63) is 22.2 Å². The fourth-order valence-corrected chi connectivity index (χ4v) is 5.23. The van der Waals surface area contributed by atoms with Gasteiger partial charge in [-0.25, -0.2) is 0 Å². The average Bonchev–Trinajstić information content (AvgIpc) is 2.62. The number of aliphatic hydroxyl groups is 1. The first-order valence-corrected chi connectivity index (χ1v) is 9.34. The summed E-state index contributed by atoms with van der Waals surface area (Å²) in [6.45, 7) is 0. The smallest absolute Gasteiger partial charge is 0.235 e. The molecule has 2 saturated carbocycles. The molecule has 0 aliphatic heterocycles. The Morgan fingerprint density at radius 2 is 1.83 bits per heavy atom. The minimum atomic E-state index is -2.66. The summed E-state index contributed by atoms with van der Waals surface area (Å²) in [5, 5.41) is 21.4. The molecule has 5 atom stereocenters. The van der Waals surface area contributed by atoms with Crippen LogP contribution in [-0.2, 0) is 25.6 Å². The highest BCUT2D eigenvalue weighted by molar-refractivity contribution is 6.34. The first-order valence-electron chi connectivity index (χ1n) is 8.97. The molecule has 1 amide bonds. The van der Waals surface area contributed by atoms with Crippen LogP contribution in [0.3, 0.4) is 0 Å². The maximum absolute atomic E-state index is 13.2. The van der Waals surface area contributed by atoms with Gasteiger partial charge in [0.25, 0.3) is 0 Å². The summed E-state index contributed by atoms with van der Waals surface area (Å²) < 4.78 is 0. The third-order valence-corrected chi connectivity index (χ3v) is 6.69. The van der Waals surface area contributed by atoms with Gasteiger partial charge in [0.1, 0.15) is 0 Å². The minimum Gasteiger partial charge on any atom is -0.505 e. The van der Waals surface area contributed by atoms with Gasteiger partial charge in [-0.2, -0.15) is 0 Å². The van der Waals surface area contributed by atoms with E-state index >= 15 is 0 Å². The monoisotopic (exact) mass is 420 g/mol. The number of phenolic OH excluding ortho intramolecular Hbond substituents is 1. The zero-order valence-electron chi connectivity index (χ0n) is 15.0. The maximum atomic E-state index is 13.2. The molecule has 10 heteroatoms. The summed E-state index contributed by atoms with van der Waals surface area (Å²) in [4.78, 5) is 62.8. The number of nitrogens with two attached hydrogens (primary N) is 2. The molecule has 4 rings (SSSR count). The summed E-state index contributed by atoms with van der Waals surface area (Å²) in [5.41, 5.74) is 8.15. The van der Waals surface area contributed by atoms with Gasteiger partial charge in [0, 0.05) is 12.3 Å². The van der Waals surface area contributed by atoms with Crippen LogP contribution in [-0.4, -0.2) is 44.9 Å². The molecule has 3 aliphatic carbocycles. The SMILES string of the molecule is NC(=O)C1C(=O)C[C@@H]2C[C@@H]3Cc4cc(Cl)c(N)c(O)c4C(=O)C3C(=O)[C@]2(O)C1=O. The number of amides is 1. The number of carbonyl (C=O) groups excluding carboxylic acids is 5. The van der Waals surface area contributed by atoms with Gasteiger partial charge in [-0.05, 0) is 30.4 Å². The van der Waals surface area contributed by atoms with Gasteiger partial charge in [-0.3, -0.25) is 24.0 Å². The summed E-state index contributed by atoms with van der Waals surface area (Å²) >= 11 is 5.98. The Balaban J connectivity index is 1.82. The second kappa shape index (κ2) is 6.11. The number of phenols is 1. The lowest BCUT2D eigenvalue weighted by Crippen LogP contribution is -2.68. The normalized spacial score (nSPS) is 33.7. The van der Waals surface area contributed by atoms with Crippen molar-refractivity contribution in [3.8, 4) is 5.75 Å². The van der Waals surface area contributed by atoms with Crippen LogP contribution in [0.1, 0.15) is 28.8 Å². The summed E-state index contributed by atoms with van der Waals surface area (Å²) in [6.07, 6.45) is -0.178. The molecular weight excluding hydrogens is 404 g/mol. The van der Waals surface area contributed by atoms with Gasteiger partial charge < -0.3 is 21.7 Å². The highest BCUT2D eigenvalue weighted by atomic mass is 35.5. The number of rotatable bonds is 1. The van der Waals surface area contributed by atoms with Crippen molar-refractivity contribution in [2.24, 2.45) is 29.4 Å². The van der Waals surface area contributed by atoms with E-state index in [4.69, 9.17) is 23.1 Å².